The zero-order valence-electron chi connectivity index (χ0n) is 10.2. The highest BCUT2D eigenvalue weighted by Crippen LogP contribution is 2.19. The first-order valence-corrected chi connectivity index (χ1v) is 5.87. The summed E-state index contributed by atoms with van der Waals surface area (Å²) in [6, 6.07) is 2.76. The number of nitrogens with zero attached hydrogens (tertiary/aromatic N) is 1. The minimum atomic E-state index is -0.670. The van der Waals surface area contributed by atoms with Crippen LogP contribution in [0.5, 0.6) is 0 Å². The number of carbonyl (C=O) groups is 1. The van der Waals surface area contributed by atoms with E-state index in [0.717, 1.165) is 25.7 Å². The minimum Gasteiger partial charge on any atom is -0.395 e. The van der Waals surface area contributed by atoms with Crippen LogP contribution in [0.3, 0.4) is 0 Å². The lowest BCUT2D eigenvalue weighted by atomic mass is 9.92. The summed E-state index contributed by atoms with van der Waals surface area (Å²) < 4.78 is 4.83. The van der Waals surface area contributed by atoms with Crippen LogP contribution in [0, 0.1) is 10.1 Å². The summed E-state index contributed by atoms with van der Waals surface area (Å²) >= 11 is 0. The van der Waals surface area contributed by atoms with Gasteiger partial charge in [0.25, 0.3) is 5.91 Å². The van der Waals surface area contributed by atoms with Crippen LogP contribution >= 0.6 is 12.4 Å². The van der Waals surface area contributed by atoms with Crippen LogP contribution in [0.4, 0.5) is 5.88 Å². The average Bonchev–Trinajstić information content (AvgIpc) is 2.81. The van der Waals surface area contributed by atoms with E-state index >= 15 is 0 Å². The fraction of sp³-hybridized carbons (Fsp3) is 0.545. The zero-order valence-corrected chi connectivity index (χ0v) is 11.0. The molecule has 2 rings (SSSR count). The Balaban J connectivity index is 0.00000180. The van der Waals surface area contributed by atoms with Crippen LogP contribution in [0.2, 0.25) is 0 Å². The molecular weight excluding hydrogens is 274 g/mol. The molecule has 0 unspecified atom stereocenters. The van der Waals surface area contributed by atoms with E-state index in [2.05, 4.69) is 5.32 Å². The molecule has 0 aromatic carbocycles. The Morgan fingerprint density at radius 3 is 2.53 bits per heavy atom. The summed E-state index contributed by atoms with van der Waals surface area (Å²) in [5.74, 6) is -0.869. The first-order chi connectivity index (χ1) is 8.56. The van der Waals surface area contributed by atoms with Crippen LogP contribution in [0.15, 0.2) is 16.5 Å². The van der Waals surface area contributed by atoms with Crippen molar-refractivity contribution in [2.24, 2.45) is 5.73 Å². The molecule has 0 radical (unpaired) electrons. The molecule has 7 nitrogen and oxygen atoms in total. The van der Waals surface area contributed by atoms with Crippen LogP contribution in [0.25, 0.3) is 0 Å². The molecule has 0 aliphatic heterocycles. The molecule has 1 aliphatic rings. The molecule has 1 aromatic heterocycles. The molecule has 19 heavy (non-hydrogen) atoms. The van der Waals surface area contributed by atoms with Gasteiger partial charge in [-0.05, 0) is 31.7 Å². The second kappa shape index (κ2) is 6.53. The second-order valence-electron chi connectivity index (χ2n) is 4.48. The molecule has 0 bridgehead atoms. The Labute approximate surface area is 116 Å². The Bertz CT molecular complexity index is 455. The number of halogens is 1. The zero-order chi connectivity index (χ0) is 13.1. The van der Waals surface area contributed by atoms with Gasteiger partial charge < -0.3 is 15.5 Å². The van der Waals surface area contributed by atoms with Gasteiger partial charge in [0.2, 0.25) is 0 Å². The molecule has 1 heterocycles. The van der Waals surface area contributed by atoms with Crippen molar-refractivity contribution >= 4 is 24.2 Å². The number of nitro groups is 1. The highest BCUT2D eigenvalue weighted by molar-refractivity contribution is 5.91. The van der Waals surface area contributed by atoms with Gasteiger partial charge in [0.1, 0.15) is 4.92 Å². The van der Waals surface area contributed by atoms with E-state index in [4.69, 9.17) is 10.2 Å². The van der Waals surface area contributed by atoms with Crippen LogP contribution in [0.1, 0.15) is 36.2 Å². The standard InChI is InChI=1S/C11H15N3O4.ClH/c12-7-1-3-8(4-2-7)13-11(15)9-5-6-10(18-9)14(16)17;/h5-8H,1-4,12H2,(H,13,15);1H. The van der Waals surface area contributed by atoms with Gasteiger partial charge in [-0.25, -0.2) is 0 Å². The normalized spacial score (nSPS) is 22.4. The molecular formula is C11H16ClN3O4. The van der Waals surface area contributed by atoms with Crippen LogP contribution < -0.4 is 11.1 Å². The van der Waals surface area contributed by atoms with Gasteiger partial charge >= 0.3 is 5.88 Å². The lowest BCUT2D eigenvalue weighted by Gasteiger charge is -2.26. The van der Waals surface area contributed by atoms with Gasteiger partial charge in [-0.2, -0.15) is 0 Å². The largest absolute Gasteiger partial charge is 0.433 e. The van der Waals surface area contributed by atoms with Crippen molar-refractivity contribution in [2.45, 2.75) is 37.8 Å². The highest BCUT2D eigenvalue weighted by atomic mass is 35.5. The SMILES string of the molecule is Cl.NC1CCC(NC(=O)c2ccc([N+](=O)[O-])o2)CC1. The number of furan rings is 1. The van der Waals surface area contributed by atoms with Crippen molar-refractivity contribution in [1.29, 1.82) is 0 Å². The molecule has 1 aromatic rings. The number of hydrogen-bond acceptors (Lipinski definition) is 5. The van der Waals surface area contributed by atoms with Crippen LogP contribution in [-0.2, 0) is 0 Å². The summed E-state index contributed by atoms with van der Waals surface area (Å²) in [6.07, 6.45) is 3.41. The van der Waals surface area contributed by atoms with E-state index in [0.29, 0.717) is 0 Å². The summed E-state index contributed by atoms with van der Waals surface area (Å²) in [5.41, 5.74) is 5.77. The predicted octanol–water partition coefficient (Wildman–Crippen LogP) is 1.61. The van der Waals surface area contributed by atoms with Crippen molar-refractivity contribution in [2.75, 3.05) is 0 Å². The van der Waals surface area contributed by atoms with Gasteiger partial charge in [0.05, 0.1) is 6.07 Å². The second-order valence-corrected chi connectivity index (χ2v) is 4.48. The fourth-order valence-electron chi connectivity index (χ4n) is 2.07. The molecule has 1 fully saturated rings. The molecule has 1 aliphatic carbocycles. The van der Waals surface area contributed by atoms with Crippen LogP contribution in [-0.4, -0.2) is 22.9 Å². The van der Waals surface area contributed by atoms with E-state index in [9.17, 15) is 14.9 Å². The maximum absolute atomic E-state index is 11.8. The summed E-state index contributed by atoms with van der Waals surface area (Å²) in [4.78, 5) is 21.5. The van der Waals surface area contributed by atoms with Crippen molar-refractivity contribution in [3.05, 3.63) is 28.0 Å². The Morgan fingerprint density at radius 1 is 1.37 bits per heavy atom. The molecule has 0 atom stereocenters. The molecule has 3 N–H and O–H groups in total. The van der Waals surface area contributed by atoms with Crippen molar-refractivity contribution in [3.63, 3.8) is 0 Å². The van der Waals surface area contributed by atoms with E-state index in [1.807, 2.05) is 0 Å². The number of hydrogen-bond donors (Lipinski definition) is 2. The molecule has 1 amide bonds. The average molecular weight is 290 g/mol. The molecule has 0 saturated heterocycles. The monoisotopic (exact) mass is 289 g/mol. The number of carbonyl (C=O) groups excluding carboxylic acids is 1. The van der Waals surface area contributed by atoms with E-state index in [1.54, 1.807) is 0 Å². The Kier molecular flexibility index (Phi) is 5.31. The van der Waals surface area contributed by atoms with Crippen molar-refractivity contribution in [3.8, 4) is 0 Å². The number of nitrogens with one attached hydrogen (secondary N) is 1. The number of amides is 1. The number of nitrogens with two attached hydrogens (primary N) is 1. The first kappa shape index (κ1) is 15.5. The van der Waals surface area contributed by atoms with E-state index in [-0.39, 0.29) is 30.3 Å². The quantitative estimate of drug-likeness (QED) is 0.648. The third-order valence-electron chi connectivity index (χ3n) is 3.10. The molecule has 8 heteroatoms. The summed E-state index contributed by atoms with van der Waals surface area (Å²) in [7, 11) is 0. The maximum atomic E-state index is 11.8. The fourth-order valence-corrected chi connectivity index (χ4v) is 2.07. The van der Waals surface area contributed by atoms with Gasteiger partial charge in [-0.1, -0.05) is 0 Å². The first-order valence-electron chi connectivity index (χ1n) is 5.87. The highest BCUT2D eigenvalue weighted by Gasteiger charge is 2.23. The van der Waals surface area contributed by atoms with E-state index < -0.39 is 16.7 Å². The number of rotatable bonds is 3. The lowest BCUT2D eigenvalue weighted by Crippen LogP contribution is -2.40. The molecule has 0 spiro atoms. The van der Waals surface area contributed by atoms with Crippen molar-refractivity contribution < 1.29 is 14.1 Å². The predicted molar refractivity (Wildman–Crippen MR) is 70.3 cm³/mol. The summed E-state index contributed by atoms with van der Waals surface area (Å²) in [5, 5.41) is 13.2. The Morgan fingerprint density at radius 2 is 2.00 bits per heavy atom. The van der Waals surface area contributed by atoms with Gasteiger partial charge in [-0.3, -0.25) is 14.9 Å². The van der Waals surface area contributed by atoms with Crippen molar-refractivity contribution in [1.82, 2.24) is 5.32 Å². The molecule has 1 saturated carbocycles. The molecule has 106 valence electrons. The summed E-state index contributed by atoms with van der Waals surface area (Å²) in [6.45, 7) is 0. The minimum absolute atomic E-state index is 0. The smallest absolute Gasteiger partial charge is 0.395 e. The van der Waals surface area contributed by atoms with E-state index in [1.165, 1.54) is 12.1 Å². The topological polar surface area (TPSA) is 111 Å². The third kappa shape index (κ3) is 3.93. The lowest BCUT2D eigenvalue weighted by molar-refractivity contribution is -0.402. The van der Waals surface area contributed by atoms with Gasteiger partial charge in [-0.15, -0.1) is 12.4 Å². The Hall–Kier alpha value is -1.60. The van der Waals surface area contributed by atoms with Gasteiger partial charge in [0.15, 0.2) is 5.76 Å². The van der Waals surface area contributed by atoms with Gasteiger partial charge in [0, 0.05) is 12.1 Å². The maximum Gasteiger partial charge on any atom is 0.433 e. The third-order valence-corrected chi connectivity index (χ3v) is 3.10.